The van der Waals surface area contributed by atoms with E-state index in [4.69, 9.17) is 4.74 Å². The van der Waals surface area contributed by atoms with Crippen molar-refractivity contribution in [2.24, 2.45) is 0 Å². The first-order valence-electron chi connectivity index (χ1n) is 7.81. The van der Waals surface area contributed by atoms with Gasteiger partial charge in [-0.05, 0) is 36.1 Å². The number of anilines is 2. The number of hydrogen-bond acceptors (Lipinski definition) is 5. The summed E-state index contributed by atoms with van der Waals surface area (Å²) >= 11 is 0. The number of rotatable bonds is 2. The van der Waals surface area contributed by atoms with Gasteiger partial charge in [0.2, 0.25) is 5.95 Å². The number of carbonyl (C=O) groups excluding carboxylic acids is 1. The molecule has 118 valence electrons. The molecule has 0 aliphatic carbocycles. The van der Waals surface area contributed by atoms with E-state index in [0.29, 0.717) is 13.2 Å². The molecule has 1 amide bonds. The highest BCUT2D eigenvalue weighted by Crippen LogP contribution is 2.31. The SMILES string of the molecule is Cc1cnc(N2CCc3c(cccc3N3CCOC3=O)C2)nc1. The lowest BCUT2D eigenvalue weighted by molar-refractivity contribution is 0.181. The average molecular weight is 310 g/mol. The number of benzene rings is 1. The zero-order valence-electron chi connectivity index (χ0n) is 13.0. The second kappa shape index (κ2) is 5.53. The number of nitrogens with zero attached hydrogens (tertiary/aromatic N) is 4. The number of amides is 1. The molecular weight excluding hydrogens is 292 g/mol. The Morgan fingerprint density at radius 1 is 1.17 bits per heavy atom. The number of aromatic nitrogens is 2. The van der Waals surface area contributed by atoms with Gasteiger partial charge in [0.15, 0.2) is 0 Å². The van der Waals surface area contributed by atoms with Crippen molar-refractivity contribution in [1.82, 2.24) is 9.97 Å². The van der Waals surface area contributed by atoms with Gasteiger partial charge in [0, 0.05) is 25.5 Å². The molecule has 6 nitrogen and oxygen atoms in total. The molecule has 1 fully saturated rings. The maximum atomic E-state index is 11.9. The van der Waals surface area contributed by atoms with E-state index in [-0.39, 0.29) is 6.09 Å². The topological polar surface area (TPSA) is 58.6 Å². The minimum Gasteiger partial charge on any atom is -0.447 e. The first-order chi connectivity index (χ1) is 11.2. The van der Waals surface area contributed by atoms with Crippen LogP contribution in [0, 0.1) is 6.92 Å². The van der Waals surface area contributed by atoms with Crippen LogP contribution in [-0.2, 0) is 17.7 Å². The Bertz CT molecular complexity index is 745. The summed E-state index contributed by atoms with van der Waals surface area (Å²) in [5, 5.41) is 0. The minimum absolute atomic E-state index is 0.248. The van der Waals surface area contributed by atoms with Crippen LogP contribution in [0.1, 0.15) is 16.7 Å². The largest absolute Gasteiger partial charge is 0.447 e. The zero-order chi connectivity index (χ0) is 15.8. The van der Waals surface area contributed by atoms with Gasteiger partial charge in [-0.3, -0.25) is 4.90 Å². The minimum atomic E-state index is -0.248. The standard InChI is InChI=1S/C17H18N4O2/c1-12-9-18-16(19-10-12)20-6-5-14-13(11-20)3-2-4-15(14)21-7-8-23-17(21)22/h2-4,9-10H,5-8,11H2,1H3. The summed E-state index contributed by atoms with van der Waals surface area (Å²) in [6.07, 6.45) is 4.30. The van der Waals surface area contributed by atoms with Gasteiger partial charge in [-0.2, -0.15) is 0 Å². The lowest BCUT2D eigenvalue weighted by Crippen LogP contribution is -2.34. The molecule has 0 radical (unpaired) electrons. The van der Waals surface area contributed by atoms with Crippen molar-refractivity contribution in [1.29, 1.82) is 0 Å². The van der Waals surface area contributed by atoms with Crippen LogP contribution in [-0.4, -0.2) is 35.8 Å². The van der Waals surface area contributed by atoms with E-state index in [2.05, 4.69) is 20.9 Å². The van der Waals surface area contributed by atoms with Crippen LogP contribution in [0.2, 0.25) is 0 Å². The van der Waals surface area contributed by atoms with Crippen LogP contribution < -0.4 is 9.80 Å². The van der Waals surface area contributed by atoms with Gasteiger partial charge in [-0.15, -0.1) is 0 Å². The average Bonchev–Trinajstić information content (AvgIpc) is 3.00. The van der Waals surface area contributed by atoms with Crippen LogP contribution in [0.4, 0.5) is 16.4 Å². The molecule has 23 heavy (non-hydrogen) atoms. The summed E-state index contributed by atoms with van der Waals surface area (Å²) in [4.78, 5) is 24.6. The predicted molar refractivity (Wildman–Crippen MR) is 86.7 cm³/mol. The molecule has 0 atom stereocenters. The predicted octanol–water partition coefficient (Wildman–Crippen LogP) is 2.30. The second-order valence-electron chi connectivity index (χ2n) is 5.91. The van der Waals surface area contributed by atoms with E-state index in [9.17, 15) is 4.79 Å². The molecule has 3 heterocycles. The third-order valence-electron chi connectivity index (χ3n) is 4.34. The molecule has 0 bridgehead atoms. The van der Waals surface area contributed by atoms with Crippen molar-refractivity contribution >= 4 is 17.7 Å². The first kappa shape index (κ1) is 14.0. The second-order valence-corrected chi connectivity index (χ2v) is 5.91. The summed E-state index contributed by atoms with van der Waals surface area (Å²) in [5.74, 6) is 0.757. The summed E-state index contributed by atoms with van der Waals surface area (Å²) in [6.45, 7) is 4.67. The normalized spacial score (nSPS) is 17.2. The molecular formula is C17H18N4O2. The van der Waals surface area contributed by atoms with Gasteiger partial charge in [-0.1, -0.05) is 12.1 Å². The maximum absolute atomic E-state index is 11.9. The van der Waals surface area contributed by atoms with Crippen molar-refractivity contribution in [2.75, 3.05) is 29.5 Å². The summed E-state index contributed by atoms with van der Waals surface area (Å²) < 4.78 is 5.07. The molecule has 0 spiro atoms. The van der Waals surface area contributed by atoms with Crippen LogP contribution in [0.5, 0.6) is 0 Å². The van der Waals surface area contributed by atoms with Gasteiger partial charge in [0.25, 0.3) is 0 Å². The third kappa shape index (κ3) is 2.50. The van der Waals surface area contributed by atoms with Gasteiger partial charge in [-0.25, -0.2) is 14.8 Å². The zero-order valence-corrected chi connectivity index (χ0v) is 13.0. The number of cyclic esters (lactones) is 1. The molecule has 0 N–H and O–H groups in total. The highest BCUT2D eigenvalue weighted by atomic mass is 16.6. The Hall–Kier alpha value is -2.63. The lowest BCUT2D eigenvalue weighted by Gasteiger charge is -2.31. The number of aryl methyl sites for hydroxylation is 1. The Morgan fingerprint density at radius 2 is 2.00 bits per heavy atom. The van der Waals surface area contributed by atoms with Crippen molar-refractivity contribution in [3.05, 3.63) is 47.3 Å². The Balaban J connectivity index is 1.63. The molecule has 2 aliphatic rings. The van der Waals surface area contributed by atoms with Crippen molar-refractivity contribution in [2.45, 2.75) is 19.9 Å². The van der Waals surface area contributed by atoms with Gasteiger partial charge >= 0.3 is 6.09 Å². The Kier molecular flexibility index (Phi) is 3.37. The molecule has 0 unspecified atom stereocenters. The van der Waals surface area contributed by atoms with Crippen LogP contribution in [0.15, 0.2) is 30.6 Å². The number of fused-ring (bicyclic) bond motifs is 1. The fourth-order valence-electron chi connectivity index (χ4n) is 3.17. The molecule has 4 rings (SSSR count). The van der Waals surface area contributed by atoms with E-state index in [0.717, 1.165) is 36.7 Å². The Morgan fingerprint density at radius 3 is 2.74 bits per heavy atom. The molecule has 2 aromatic rings. The van der Waals surface area contributed by atoms with Crippen molar-refractivity contribution in [3.8, 4) is 0 Å². The van der Waals surface area contributed by atoms with E-state index in [1.54, 1.807) is 4.90 Å². The van der Waals surface area contributed by atoms with Crippen LogP contribution in [0.3, 0.4) is 0 Å². The van der Waals surface area contributed by atoms with Crippen LogP contribution in [0.25, 0.3) is 0 Å². The quantitative estimate of drug-likeness (QED) is 0.852. The number of hydrogen-bond donors (Lipinski definition) is 0. The van der Waals surface area contributed by atoms with Gasteiger partial charge in [0.1, 0.15) is 6.61 Å². The maximum Gasteiger partial charge on any atom is 0.414 e. The molecule has 0 saturated carbocycles. The molecule has 1 saturated heterocycles. The number of carbonyl (C=O) groups is 1. The van der Waals surface area contributed by atoms with Gasteiger partial charge in [0.05, 0.1) is 12.2 Å². The highest BCUT2D eigenvalue weighted by molar-refractivity contribution is 5.90. The first-order valence-corrected chi connectivity index (χ1v) is 7.81. The molecule has 6 heteroatoms. The van der Waals surface area contributed by atoms with Crippen molar-refractivity contribution < 1.29 is 9.53 Å². The van der Waals surface area contributed by atoms with E-state index in [1.165, 1.54) is 11.1 Å². The van der Waals surface area contributed by atoms with E-state index < -0.39 is 0 Å². The van der Waals surface area contributed by atoms with E-state index in [1.807, 2.05) is 31.5 Å². The molecule has 2 aliphatic heterocycles. The Labute approximate surface area is 134 Å². The summed E-state index contributed by atoms with van der Waals surface area (Å²) in [7, 11) is 0. The molecule has 1 aromatic heterocycles. The van der Waals surface area contributed by atoms with Gasteiger partial charge < -0.3 is 9.64 Å². The van der Waals surface area contributed by atoms with Crippen molar-refractivity contribution in [3.63, 3.8) is 0 Å². The summed E-state index contributed by atoms with van der Waals surface area (Å²) in [6, 6.07) is 6.11. The fourth-order valence-corrected chi connectivity index (χ4v) is 3.17. The smallest absolute Gasteiger partial charge is 0.414 e. The highest BCUT2D eigenvalue weighted by Gasteiger charge is 2.28. The summed E-state index contributed by atoms with van der Waals surface area (Å²) in [5.41, 5.74) is 4.49. The molecule has 1 aromatic carbocycles. The van der Waals surface area contributed by atoms with Crippen LogP contribution >= 0.6 is 0 Å². The fraction of sp³-hybridized carbons (Fsp3) is 0.353. The monoisotopic (exact) mass is 310 g/mol. The third-order valence-corrected chi connectivity index (χ3v) is 4.34. The number of ether oxygens (including phenoxy) is 1. The van der Waals surface area contributed by atoms with E-state index >= 15 is 0 Å². The lowest BCUT2D eigenvalue weighted by atomic mass is 9.97.